The van der Waals surface area contributed by atoms with E-state index in [1.54, 1.807) is 18.2 Å². The maximum Gasteiger partial charge on any atom is 0.303 e. The molecule has 0 bridgehead atoms. The van der Waals surface area contributed by atoms with Crippen molar-refractivity contribution >= 4 is 5.97 Å². The number of carbonyl (C=O) groups is 1. The first kappa shape index (κ1) is 17.0. The van der Waals surface area contributed by atoms with Crippen molar-refractivity contribution in [2.24, 2.45) is 0 Å². The predicted octanol–water partition coefficient (Wildman–Crippen LogP) is 1.10. The Kier molecular flexibility index (Phi) is 9.93. The van der Waals surface area contributed by atoms with Crippen molar-refractivity contribution in [2.75, 3.05) is 0 Å². The minimum atomic E-state index is -0.879. The summed E-state index contributed by atoms with van der Waals surface area (Å²) in [7, 11) is 0. The Morgan fingerprint density at radius 2 is 2.05 bits per heavy atom. The minimum absolute atomic E-state index is 0.0321. The molecule has 19 heavy (non-hydrogen) atoms. The molecule has 0 aliphatic carbocycles. The molecule has 102 valence electrons. The highest BCUT2D eigenvalue weighted by Crippen LogP contribution is 1.99. The van der Waals surface area contributed by atoms with Crippen LogP contribution in [0, 0.1) is 24.2 Å². The van der Waals surface area contributed by atoms with Crippen LogP contribution in [0.2, 0.25) is 0 Å². The van der Waals surface area contributed by atoms with E-state index in [1.165, 1.54) is 6.08 Å². The van der Waals surface area contributed by atoms with E-state index in [0.717, 1.165) is 0 Å². The van der Waals surface area contributed by atoms with Crippen molar-refractivity contribution in [2.45, 2.75) is 37.9 Å². The second-order valence-electron chi connectivity index (χ2n) is 3.81. The molecule has 3 N–H and O–H groups in total. The Labute approximate surface area is 113 Å². The van der Waals surface area contributed by atoms with E-state index < -0.39 is 18.2 Å². The highest BCUT2D eigenvalue weighted by molar-refractivity contribution is 5.66. The average Bonchev–Trinajstić information content (AvgIpc) is 2.33. The lowest BCUT2D eigenvalue weighted by Gasteiger charge is -1.99. The molecule has 0 radical (unpaired) electrons. The van der Waals surface area contributed by atoms with Crippen molar-refractivity contribution in [1.82, 2.24) is 0 Å². The van der Waals surface area contributed by atoms with Crippen LogP contribution in [0.15, 0.2) is 24.3 Å². The van der Waals surface area contributed by atoms with Crippen molar-refractivity contribution in [3.8, 4) is 24.2 Å². The van der Waals surface area contributed by atoms with Gasteiger partial charge in [-0.1, -0.05) is 30.1 Å². The number of aliphatic hydroxyl groups excluding tert-OH is 2. The van der Waals surface area contributed by atoms with Gasteiger partial charge in [-0.3, -0.25) is 4.79 Å². The van der Waals surface area contributed by atoms with Gasteiger partial charge in [0.05, 0.1) is 6.10 Å². The van der Waals surface area contributed by atoms with Crippen LogP contribution in [-0.2, 0) is 4.79 Å². The zero-order valence-corrected chi connectivity index (χ0v) is 10.6. The molecule has 0 aromatic heterocycles. The molecule has 0 aromatic carbocycles. The van der Waals surface area contributed by atoms with E-state index in [4.69, 9.17) is 11.5 Å². The van der Waals surface area contributed by atoms with Crippen LogP contribution >= 0.6 is 0 Å². The van der Waals surface area contributed by atoms with Gasteiger partial charge in [0.25, 0.3) is 0 Å². The van der Waals surface area contributed by atoms with E-state index in [-0.39, 0.29) is 12.8 Å². The fourth-order valence-electron chi connectivity index (χ4n) is 1.15. The zero-order valence-electron chi connectivity index (χ0n) is 10.6. The first-order chi connectivity index (χ1) is 9.06. The second-order valence-corrected chi connectivity index (χ2v) is 3.81. The third kappa shape index (κ3) is 12.2. The summed E-state index contributed by atoms with van der Waals surface area (Å²) in [6.45, 7) is 0. The lowest BCUT2D eigenvalue weighted by atomic mass is 10.1. The maximum atomic E-state index is 10.2. The van der Waals surface area contributed by atoms with Gasteiger partial charge in [0.2, 0.25) is 0 Å². The molecule has 0 aliphatic heterocycles. The van der Waals surface area contributed by atoms with Gasteiger partial charge >= 0.3 is 5.97 Å². The molecule has 0 fully saturated rings. The van der Waals surface area contributed by atoms with E-state index in [1.807, 2.05) is 0 Å². The normalized spacial score (nSPS) is 13.7. The van der Waals surface area contributed by atoms with Crippen LogP contribution in [-0.4, -0.2) is 33.5 Å². The third-order valence-corrected chi connectivity index (χ3v) is 2.07. The smallest absolute Gasteiger partial charge is 0.303 e. The number of hydrogen-bond acceptors (Lipinski definition) is 3. The molecule has 4 heteroatoms. The summed E-state index contributed by atoms with van der Waals surface area (Å²) >= 11 is 0. The van der Waals surface area contributed by atoms with Gasteiger partial charge in [0, 0.05) is 12.8 Å². The lowest BCUT2D eigenvalue weighted by Crippen LogP contribution is -2.04. The van der Waals surface area contributed by atoms with Crippen molar-refractivity contribution in [3.05, 3.63) is 24.3 Å². The Morgan fingerprint density at radius 3 is 2.68 bits per heavy atom. The number of aliphatic carboxylic acids is 1. The SMILES string of the molecule is C#CCC(O)C=CC=CC#CC(O)CCCC(=O)O. The van der Waals surface area contributed by atoms with Crippen LogP contribution in [0.4, 0.5) is 0 Å². The van der Waals surface area contributed by atoms with Gasteiger partial charge in [-0.15, -0.1) is 12.3 Å². The molecule has 2 unspecified atom stereocenters. The van der Waals surface area contributed by atoms with Crippen LogP contribution in [0.1, 0.15) is 25.7 Å². The van der Waals surface area contributed by atoms with Gasteiger partial charge < -0.3 is 15.3 Å². The van der Waals surface area contributed by atoms with Crippen LogP contribution in [0.5, 0.6) is 0 Å². The summed E-state index contributed by atoms with van der Waals surface area (Å²) < 4.78 is 0. The largest absolute Gasteiger partial charge is 0.481 e. The summed E-state index contributed by atoms with van der Waals surface area (Å²) in [5, 5.41) is 27.1. The second kappa shape index (κ2) is 11.1. The molecule has 0 saturated carbocycles. The molecule has 0 aliphatic rings. The predicted molar refractivity (Wildman–Crippen MR) is 73.0 cm³/mol. The fraction of sp³-hybridized carbons (Fsp3) is 0.400. The first-order valence-electron chi connectivity index (χ1n) is 5.92. The molecule has 2 atom stereocenters. The van der Waals surface area contributed by atoms with Crippen molar-refractivity contribution < 1.29 is 20.1 Å². The molecule has 0 amide bonds. The number of rotatable bonds is 7. The number of hydrogen-bond donors (Lipinski definition) is 3. The quantitative estimate of drug-likeness (QED) is 0.474. The fourth-order valence-corrected chi connectivity index (χ4v) is 1.15. The van der Waals surface area contributed by atoms with Crippen LogP contribution < -0.4 is 0 Å². The molecular weight excluding hydrogens is 244 g/mol. The highest BCUT2D eigenvalue weighted by atomic mass is 16.4. The van der Waals surface area contributed by atoms with E-state index in [2.05, 4.69) is 17.8 Å². The Balaban J connectivity index is 3.89. The number of carboxylic acid groups (broad SMARTS) is 1. The van der Waals surface area contributed by atoms with Crippen molar-refractivity contribution in [3.63, 3.8) is 0 Å². The Morgan fingerprint density at radius 1 is 1.32 bits per heavy atom. The summed E-state index contributed by atoms with van der Waals surface area (Å²) in [4.78, 5) is 10.2. The van der Waals surface area contributed by atoms with Gasteiger partial charge in [-0.05, 0) is 18.9 Å². The summed E-state index contributed by atoms with van der Waals surface area (Å²) in [6, 6.07) is 0. The van der Waals surface area contributed by atoms with Gasteiger partial charge in [-0.25, -0.2) is 0 Å². The van der Waals surface area contributed by atoms with E-state index in [9.17, 15) is 15.0 Å². The molecule has 0 rings (SSSR count). The summed E-state index contributed by atoms with van der Waals surface area (Å²) in [5.41, 5.74) is 0. The van der Waals surface area contributed by atoms with E-state index in [0.29, 0.717) is 12.8 Å². The average molecular weight is 262 g/mol. The monoisotopic (exact) mass is 262 g/mol. The topological polar surface area (TPSA) is 77.8 Å². The van der Waals surface area contributed by atoms with Gasteiger partial charge in [-0.2, -0.15) is 0 Å². The zero-order chi connectivity index (χ0) is 14.5. The number of carboxylic acids is 1. The van der Waals surface area contributed by atoms with Crippen LogP contribution in [0.3, 0.4) is 0 Å². The molecule has 0 aromatic rings. The third-order valence-electron chi connectivity index (χ3n) is 2.07. The van der Waals surface area contributed by atoms with Crippen LogP contribution in [0.25, 0.3) is 0 Å². The van der Waals surface area contributed by atoms with Gasteiger partial charge in [0.15, 0.2) is 0 Å². The first-order valence-corrected chi connectivity index (χ1v) is 5.92. The molecule has 4 nitrogen and oxygen atoms in total. The molecule has 0 spiro atoms. The standard InChI is InChI=1S/C15H18O4/c1-2-8-13(16)9-5-3-4-6-10-14(17)11-7-12-15(18)19/h1,3-5,9,13-14,16-17H,7-8,11-12H2,(H,18,19). The number of allylic oxidation sites excluding steroid dienone is 3. The minimum Gasteiger partial charge on any atom is -0.481 e. The molecular formula is C15H18O4. The Hall–Kier alpha value is -2.01. The molecule has 0 heterocycles. The summed E-state index contributed by atoms with van der Waals surface area (Å²) in [6.07, 6.45) is 10.9. The highest BCUT2D eigenvalue weighted by Gasteiger charge is 2.01. The number of terminal acetylenes is 1. The van der Waals surface area contributed by atoms with Gasteiger partial charge in [0.1, 0.15) is 6.10 Å². The Bertz CT molecular complexity index is 418. The van der Waals surface area contributed by atoms with E-state index >= 15 is 0 Å². The van der Waals surface area contributed by atoms with Crippen molar-refractivity contribution in [1.29, 1.82) is 0 Å². The lowest BCUT2D eigenvalue weighted by molar-refractivity contribution is -0.137. The number of aliphatic hydroxyl groups is 2. The molecule has 0 saturated heterocycles. The summed E-state index contributed by atoms with van der Waals surface area (Å²) in [5.74, 6) is 6.65. The maximum absolute atomic E-state index is 10.2.